The molecule has 0 aliphatic rings. The van der Waals surface area contributed by atoms with Crippen molar-refractivity contribution in [1.29, 1.82) is 5.26 Å². The molecular weight excluding hydrogens is 376 g/mol. The molecule has 1 aromatic heterocycles. The monoisotopic (exact) mass is 398 g/mol. The summed E-state index contributed by atoms with van der Waals surface area (Å²) in [5.41, 5.74) is 3.15. The SMILES string of the molecule is C=CCNC(=O)/C(C#N)=C/c1cn(Cc2ccccc2)nc1-c1ccccc1OC. The highest BCUT2D eigenvalue weighted by atomic mass is 16.5. The Labute approximate surface area is 175 Å². The number of para-hydroxylation sites is 1. The minimum absolute atomic E-state index is 0.00717. The minimum atomic E-state index is -0.459. The molecule has 150 valence electrons. The first-order chi connectivity index (χ1) is 14.7. The van der Waals surface area contributed by atoms with Crippen molar-refractivity contribution in [3.8, 4) is 23.1 Å². The number of aromatic nitrogens is 2. The average Bonchev–Trinajstić information content (AvgIpc) is 3.18. The molecule has 0 radical (unpaired) electrons. The van der Waals surface area contributed by atoms with Crippen molar-refractivity contribution in [1.82, 2.24) is 15.1 Å². The minimum Gasteiger partial charge on any atom is -0.496 e. The second-order valence-electron chi connectivity index (χ2n) is 6.49. The Kier molecular flexibility index (Phi) is 6.80. The van der Waals surface area contributed by atoms with Crippen LogP contribution in [0, 0.1) is 11.3 Å². The molecule has 1 N–H and O–H groups in total. The molecule has 3 rings (SSSR count). The van der Waals surface area contributed by atoms with Crippen molar-refractivity contribution in [2.24, 2.45) is 0 Å². The van der Waals surface area contributed by atoms with Gasteiger partial charge in [0.05, 0.1) is 13.7 Å². The van der Waals surface area contributed by atoms with Gasteiger partial charge in [-0.3, -0.25) is 9.48 Å². The van der Waals surface area contributed by atoms with Gasteiger partial charge in [-0.25, -0.2) is 0 Å². The standard InChI is InChI=1S/C24H22N4O2/c1-3-13-26-24(29)19(15-25)14-20-17-28(16-18-9-5-4-6-10-18)27-23(20)21-11-7-8-12-22(21)30-2/h3-12,14,17H,1,13,16H2,2H3,(H,26,29)/b19-14+. The Morgan fingerprint density at radius 2 is 1.97 bits per heavy atom. The fourth-order valence-corrected chi connectivity index (χ4v) is 3.01. The second-order valence-corrected chi connectivity index (χ2v) is 6.49. The molecule has 0 fully saturated rings. The van der Waals surface area contributed by atoms with Gasteiger partial charge >= 0.3 is 0 Å². The number of ether oxygens (including phenoxy) is 1. The van der Waals surface area contributed by atoms with Crippen LogP contribution in [0.2, 0.25) is 0 Å². The molecule has 6 heteroatoms. The van der Waals surface area contributed by atoms with Crippen molar-refractivity contribution < 1.29 is 9.53 Å². The van der Waals surface area contributed by atoms with E-state index in [4.69, 9.17) is 9.84 Å². The first-order valence-electron chi connectivity index (χ1n) is 9.42. The zero-order chi connectivity index (χ0) is 21.3. The van der Waals surface area contributed by atoms with Crippen LogP contribution in [0.5, 0.6) is 5.75 Å². The fourth-order valence-electron chi connectivity index (χ4n) is 3.01. The van der Waals surface area contributed by atoms with Gasteiger partial charge in [-0.15, -0.1) is 6.58 Å². The maximum absolute atomic E-state index is 12.3. The third-order valence-corrected chi connectivity index (χ3v) is 4.41. The number of rotatable bonds is 8. The van der Waals surface area contributed by atoms with Crippen molar-refractivity contribution in [2.75, 3.05) is 13.7 Å². The van der Waals surface area contributed by atoms with Crippen LogP contribution >= 0.6 is 0 Å². The summed E-state index contributed by atoms with van der Waals surface area (Å²) >= 11 is 0. The van der Waals surface area contributed by atoms with Gasteiger partial charge in [0.2, 0.25) is 0 Å². The van der Waals surface area contributed by atoms with Crippen LogP contribution in [0.4, 0.5) is 0 Å². The molecule has 6 nitrogen and oxygen atoms in total. The van der Waals surface area contributed by atoms with Crippen LogP contribution in [-0.2, 0) is 11.3 Å². The van der Waals surface area contributed by atoms with Crippen LogP contribution in [-0.4, -0.2) is 29.3 Å². The molecule has 0 bridgehead atoms. The molecule has 2 aromatic carbocycles. The van der Waals surface area contributed by atoms with E-state index >= 15 is 0 Å². The number of amides is 1. The molecule has 1 heterocycles. The maximum atomic E-state index is 12.3. The van der Waals surface area contributed by atoms with E-state index in [9.17, 15) is 10.1 Å². The number of nitrogens with one attached hydrogen (secondary N) is 1. The topological polar surface area (TPSA) is 79.9 Å². The Bertz CT molecular complexity index is 1110. The molecule has 1 amide bonds. The van der Waals surface area contributed by atoms with Gasteiger partial charge in [0.15, 0.2) is 0 Å². The molecular formula is C24H22N4O2. The number of methoxy groups -OCH3 is 1. The summed E-state index contributed by atoms with van der Waals surface area (Å²) in [6.45, 7) is 4.41. The van der Waals surface area contributed by atoms with Crippen LogP contribution in [0.1, 0.15) is 11.1 Å². The van der Waals surface area contributed by atoms with Gasteiger partial charge in [-0.05, 0) is 23.8 Å². The molecule has 0 aliphatic heterocycles. The van der Waals surface area contributed by atoms with Gasteiger partial charge in [0, 0.05) is 23.9 Å². The molecule has 30 heavy (non-hydrogen) atoms. The van der Waals surface area contributed by atoms with Crippen molar-refractivity contribution in [2.45, 2.75) is 6.54 Å². The highest BCUT2D eigenvalue weighted by Crippen LogP contribution is 2.32. The molecule has 0 unspecified atom stereocenters. The predicted molar refractivity (Wildman–Crippen MR) is 117 cm³/mol. The Morgan fingerprint density at radius 1 is 1.23 bits per heavy atom. The van der Waals surface area contributed by atoms with Crippen LogP contribution in [0.25, 0.3) is 17.3 Å². The lowest BCUT2D eigenvalue weighted by Gasteiger charge is -2.07. The van der Waals surface area contributed by atoms with Gasteiger partial charge in [0.25, 0.3) is 5.91 Å². The summed E-state index contributed by atoms with van der Waals surface area (Å²) in [6.07, 6.45) is 4.94. The molecule has 0 aliphatic carbocycles. The van der Waals surface area contributed by atoms with Gasteiger partial charge in [-0.2, -0.15) is 10.4 Å². The summed E-state index contributed by atoms with van der Waals surface area (Å²) < 4.78 is 7.28. The lowest BCUT2D eigenvalue weighted by atomic mass is 10.0. The van der Waals surface area contributed by atoms with E-state index in [-0.39, 0.29) is 12.1 Å². The number of benzene rings is 2. The zero-order valence-corrected chi connectivity index (χ0v) is 16.7. The Morgan fingerprint density at radius 3 is 2.67 bits per heavy atom. The van der Waals surface area contributed by atoms with Gasteiger partial charge < -0.3 is 10.1 Å². The smallest absolute Gasteiger partial charge is 0.262 e. The fraction of sp³-hybridized carbons (Fsp3) is 0.125. The molecule has 0 spiro atoms. The zero-order valence-electron chi connectivity index (χ0n) is 16.7. The van der Waals surface area contributed by atoms with E-state index in [0.717, 1.165) is 11.1 Å². The van der Waals surface area contributed by atoms with Crippen molar-refractivity contribution >= 4 is 12.0 Å². The summed E-state index contributed by atoms with van der Waals surface area (Å²) in [5, 5.41) is 16.9. The van der Waals surface area contributed by atoms with Gasteiger partial charge in [-0.1, -0.05) is 48.5 Å². The van der Waals surface area contributed by atoms with Crippen LogP contribution in [0.3, 0.4) is 0 Å². The van der Waals surface area contributed by atoms with E-state index in [1.54, 1.807) is 23.9 Å². The lowest BCUT2D eigenvalue weighted by Crippen LogP contribution is -2.24. The van der Waals surface area contributed by atoms with E-state index in [0.29, 0.717) is 23.6 Å². The molecule has 0 saturated heterocycles. The maximum Gasteiger partial charge on any atom is 0.262 e. The number of carbonyl (C=O) groups excluding carboxylic acids is 1. The first-order valence-corrected chi connectivity index (χ1v) is 9.42. The van der Waals surface area contributed by atoms with E-state index < -0.39 is 5.91 Å². The van der Waals surface area contributed by atoms with Crippen LogP contribution < -0.4 is 10.1 Å². The Hall–Kier alpha value is -4.11. The second kappa shape index (κ2) is 9.89. The highest BCUT2D eigenvalue weighted by Gasteiger charge is 2.16. The molecule has 3 aromatic rings. The first kappa shape index (κ1) is 20.6. The summed E-state index contributed by atoms with van der Waals surface area (Å²) in [4.78, 5) is 12.3. The van der Waals surface area contributed by atoms with E-state index in [2.05, 4.69) is 11.9 Å². The van der Waals surface area contributed by atoms with Crippen LogP contribution in [0.15, 0.2) is 79.0 Å². The quantitative estimate of drug-likeness (QED) is 0.355. The number of hydrogen-bond donors (Lipinski definition) is 1. The predicted octanol–water partition coefficient (Wildman–Crippen LogP) is 3.82. The van der Waals surface area contributed by atoms with E-state index in [1.807, 2.05) is 66.9 Å². The van der Waals surface area contributed by atoms with E-state index in [1.165, 1.54) is 0 Å². The van der Waals surface area contributed by atoms with Gasteiger partial charge in [0.1, 0.15) is 23.1 Å². The third kappa shape index (κ3) is 4.83. The summed E-state index contributed by atoms with van der Waals surface area (Å²) in [6, 6.07) is 19.4. The van der Waals surface area contributed by atoms with Crippen molar-refractivity contribution in [3.05, 3.63) is 90.1 Å². The number of nitrogens with zero attached hydrogens (tertiary/aromatic N) is 3. The number of nitriles is 1. The molecule has 0 saturated carbocycles. The normalized spacial score (nSPS) is 10.9. The van der Waals surface area contributed by atoms with Crippen molar-refractivity contribution in [3.63, 3.8) is 0 Å². The Balaban J connectivity index is 2.07. The largest absolute Gasteiger partial charge is 0.496 e. The summed E-state index contributed by atoms with van der Waals surface area (Å²) in [5.74, 6) is 0.200. The number of carbonyl (C=O) groups is 1. The third-order valence-electron chi connectivity index (χ3n) is 4.41. The highest BCUT2D eigenvalue weighted by molar-refractivity contribution is 6.02. The number of hydrogen-bond acceptors (Lipinski definition) is 4. The molecule has 0 atom stereocenters. The summed E-state index contributed by atoms with van der Waals surface area (Å²) in [7, 11) is 1.60. The lowest BCUT2D eigenvalue weighted by molar-refractivity contribution is -0.116. The average molecular weight is 398 g/mol.